The van der Waals surface area contributed by atoms with Crippen molar-refractivity contribution in [1.82, 2.24) is 0 Å². The predicted octanol–water partition coefficient (Wildman–Crippen LogP) is 6.19. The van der Waals surface area contributed by atoms with E-state index in [0.29, 0.717) is 15.6 Å². The van der Waals surface area contributed by atoms with Crippen molar-refractivity contribution in [2.24, 2.45) is 0 Å². The molecule has 0 aromatic heterocycles. The van der Waals surface area contributed by atoms with E-state index in [9.17, 15) is 18.0 Å². The van der Waals surface area contributed by atoms with Crippen molar-refractivity contribution in [2.45, 2.75) is 17.9 Å². The minimum atomic E-state index is -5.05. The lowest BCUT2D eigenvalue weighted by molar-refractivity contribution is -0.277. The van der Waals surface area contributed by atoms with E-state index in [0.717, 1.165) is 7.11 Å². The molecule has 3 rings (SSSR count). The molecule has 0 radical (unpaired) electrons. The number of methoxy groups -OCH3 is 1. The number of esters is 1. The minimum Gasteiger partial charge on any atom is -0.450 e. The fourth-order valence-electron chi connectivity index (χ4n) is 3.20. The second-order valence-corrected chi connectivity index (χ2v) is 7.32. The summed E-state index contributed by atoms with van der Waals surface area (Å²) in [4.78, 5) is 13.1. The highest BCUT2D eigenvalue weighted by Gasteiger charge is 2.64. The third-order valence-electron chi connectivity index (χ3n) is 4.69. The smallest absolute Gasteiger partial charge is 0.432 e. The maximum absolute atomic E-state index is 14.2. The van der Waals surface area contributed by atoms with Crippen LogP contribution in [0.15, 0.2) is 89.4 Å². The van der Waals surface area contributed by atoms with Gasteiger partial charge >= 0.3 is 12.1 Å². The number of alkyl halides is 3. The van der Waals surface area contributed by atoms with Gasteiger partial charge in [-0.2, -0.15) is 13.2 Å². The third-order valence-corrected chi connectivity index (χ3v) is 5.41. The normalized spacial score (nSPS) is 14.6. The van der Waals surface area contributed by atoms with Gasteiger partial charge in [0.1, 0.15) is 0 Å². The molecule has 0 bridgehead atoms. The first-order chi connectivity index (χ1) is 14.3. The molecule has 156 valence electrons. The Balaban J connectivity index is 2.11. The van der Waals surface area contributed by atoms with E-state index >= 15 is 0 Å². The fourth-order valence-corrected chi connectivity index (χ4v) is 3.70. The molecule has 0 unspecified atom stereocenters. The molecule has 0 spiro atoms. The lowest BCUT2D eigenvalue weighted by Crippen LogP contribution is -2.52. The summed E-state index contributed by atoms with van der Waals surface area (Å²) >= 11 is 3.39. The zero-order valence-electron chi connectivity index (χ0n) is 15.9. The Hall–Kier alpha value is -2.64. The van der Waals surface area contributed by atoms with Crippen LogP contribution in [0.3, 0.4) is 0 Å². The molecule has 3 nitrogen and oxygen atoms in total. The van der Waals surface area contributed by atoms with Crippen LogP contribution >= 0.6 is 15.9 Å². The van der Waals surface area contributed by atoms with Crippen molar-refractivity contribution in [3.8, 4) is 0 Å². The van der Waals surface area contributed by atoms with Crippen molar-refractivity contribution < 1.29 is 27.4 Å². The van der Waals surface area contributed by atoms with Gasteiger partial charge in [-0.15, -0.1) is 0 Å². The van der Waals surface area contributed by atoms with Gasteiger partial charge in [0.05, 0.1) is 0 Å². The summed E-state index contributed by atoms with van der Waals surface area (Å²) in [6.07, 6.45) is -6.12. The number of carbonyl (C=O) groups excluding carboxylic acids is 1. The largest absolute Gasteiger partial charge is 0.450 e. The highest BCUT2D eigenvalue weighted by molar-refractivity contribution is 9.10. The summed E-state index contributed by atoms with van der Waals surface area (Å²) in [6, 6.07) is 22.2. The molecule has 3 aromatic rings. The van der Waals surface area contributed by atoms with Crippen LogP contribution in [0.25, 0.3) is 0 Å². The van der Waals surface area contributed by atoms with Crippen molar-refractivity contribution in [1.29, 1.82) is 0 Å². The number of benzene rings is 3. The number of hydrogen-bond acceptors (Lipinski definition) is 3. The van der Waals surface area contributed by atoms with Crippen LogP contribution in [0.2, 0.25) is 0 Å². The van der Waals surface area contributed by atoms with Crippen molar-refractivity contribution >= 4 is 21.9 Å². The molecule has 3 aromatic carbocycles. The Morgan fingerprint density at radius 3 is 1.93 bits per heavy atom. The first kappa shape index (κ1) is 22.1. The van der Waals surface area contributed by atoms with E-state index in [1.54, 1.807) is 60.7 Å². The van der Waals surface area contributed by atoms with E-state index in [-0.39, 0.29) is 5.56 Å². The average molecular weight is 479 g/mol. The molecule has 0 saturated carbocycles. The average Bonchev–Trinajstić information content (AvgIpc) is 2.74. The zero-order chi connectivity index (χ0) is 21.8. The van der Waals surface area contributed by atoms with Crippen molar-refractivity contribution in [3.63, 3.8) is 0 Å². The molecule has 7 heteroatoms. The molecule has 0 aliphatic rings. The second-order valence-electron chi connectivity index (χ2n) is 6.47. The molecule has 0 heterocycles. The summed E-state index contributed by atoms with van der Waals surface area (Å²) < 4.78 is 53.6. The lowest BCUT2D eigenvalue weighted by Gasteiger charge is -2.34. The molecule has 30 heavy (non-hydrogen) atoms. The van der Waals surface area contributed by atoms with Gasteiger partial charge in [-0.25, -0.2) is 4.79 Å². The first-order valence-corrected chi connectivity index (χ1v) is 9.78. The summed E-state index contributed by atoms with van der Waals surface area (Å²) in [5.41, 5.74) is -2.58. The van der Waals surface area contributed by atoms with Gasteiger partial charge in [0.15, 0.2) is 6.10 Å². The Labute approximate surface area is 180 Å². The molecular formula is C23H18BrF3O3. The standard InChI is InChI=1S/C23H18BrF3O3/c1-29-22(23(25,26)27,17-12-6-3-7-13-17)21(28)30-20(16-10-4-2-5-11-16)18-14-8-9-15-19(18)24/h2-15,20H,1H3/t20-,22+/m0/s1. The van der Waals surface area contributed by atoms with Crippen LogP contribution in [0.4, 0.5) is 13.2 Å². The Morgan fingerprint density at radius 2 is 1.40 bits per heavy atom. The Bertz CT molecular complexity index is 993. The van der Waals surface area contributed by atoms with E-state index in [2.05, 4.69) is 15.9 Å². The van der Waals surface area contributed by atoms with Gasteiger partial charge in [-0.05, 0) is 11.6 Å². The van der Waals surface area contributed by atoms with E-state index in [4.69, 9.17) is 9.47 Å². The molecule has 0 aliphatic heterocycles. The maximum Gasteiger partial charge on any atom is 0.432 e. The number of rotatable bonds is 6. The molecule has 0 fully saturated rings. The number of carbonyl (C=O) groups is 1. The fraction of sp³-hybridized carbons (Fsp3) is 0.174. The topological polar surface area (TPSA) is 35.5 Å². The highest BCUT2D eigenvalue weighted by atomic mass is 79.9. The monoisotopic (exact) mass is 478 g/mol. The number of ether oxygens (including phenoxy) is 2. The van der Waals surface area contributed by atoms with Gasteiger partial charge in [0, 0.05) is 22.7 Å². The number of hydrogen-bond donors (Lipinski definition) is 0. The maximum atomic E-state index is 14.2. The lowest BCUT2D eigenvalue weighted by atomic mass is 9.92. The van der Waals surface area contributed by atoms with Crippen molar-refractivity contribution in [2.75, 3.05) is 7.11 Å². The second kappa shape index (κ2) is 9.02. The predicted molar refractivity (Wildman–Crippen MR) is 110 cm³/mol. The first-order valence-electron chi connectivity index (χ1n) is 8.99. The van der Waals surface area contributed by atoms with Gasteiger partial charge in [-0.3, -0.25) is 0 Å². The van der Waals surface area contributed by atoms with Crippen molar-refractivity contribution in [3.05, 3.63) is 106 Å². The van der Waals surface area contributed by atoms with Crippen LogP contribution in [0, 0.1) is 0 Å². The van der Waals surface area contributed by atoms with E-state index in [1.807, 2.05) is 0 Å². The Kier molecular flexibility index (Phi) is 6.63. The van der Waals surface area contributed by atoms with Crippen LogP contribution in [0.1, 0.15) is 22.8 Å². The summed E-state index contributed by atoms with van der Waals surface area (Å²) in [7, 11) is 0.845. The van der Waals surface area contributed by atoms with Crippen LogP contribution in [-0.2, 0) is 19.9 Å². The number of halogens is 4. The molecule has 0 N–H and O–H groups in total. The van der Waals surface area contributed by atoms with Crippen LogP contribution in [-0.4, -0.2) is 19.3 Å². The molecule has 0 saturated heterocycles. The third kappa shape index (κ3) is 4.13. The van der Waals surface area contributed by atoms with E-state index in [1.165, 1.54) is 24.3 Å². The summed E-state index contributed by atoms with van der Waals surface area (Å²) in [5.74, 6) is -1.55. The zero-order valence-corrected chi connectivity index (χ0v) is 17.5. The molecule has 0 aliphatic carbocycles. The Morgan fingerprint density at radius 1 is 0.867 bits per heavy atom. The SMILES string of the molecule is CO[C@@](C(=O)O[C@@H](c1ccccc1)c1ccccc1Br)(c1ccccc1)C(F)(F)F. The van der Waals surface area contributed by atoms with Crippen LogP contribution < -0.4 is 0 Å². The molecule has 0 amide bonds. The summed E-state index contributed by atoms with van der Waals surface area (Å²) in [6.45, 7) is 0. The quantitative estimate of drug-likeness (QED) is 0.396. The minimum absolute atomic E-state index is 0.357. The molecule has 2 atom stereocenters. The molecular weight excluding hydrogens is 461 g/mol. The van der Waals surface area contributed by atoms with Gasteiger partial charge in [0.2, 0.25) is 0 Å². The van der Waals surface area contributed by atoms with E-state index < -0.39 is 23.9 Å². The highest BCUT2D eigenvalue weighted by Crippen LogP contribution is 2.44. The van der Waals surface area contributed by atoms with Gasteiger partial charge in [0.25, 0.3) is 5.60 Å². The van der Waals surface area contributed by atoms with Gasteiger partial charge < -0.3 is 9.47 Å². The van der Waals surface area contributed by atoms with Crippen LogP contribution in [0.5, 0.6) is 0 Å². The van der Waals surface area contributed by atoms with Gasteiger partial charge in [-0.1, -0.05) is 94.8 Å². The summed E-state index contributed by atoms with van der Waals surface area (Å²) in [5, 5.41) is 0.